The highest BCUT2D eigenvalue weighted by Crippen LogP contribution is 2.46. The van der Waals surface area contributed by atoms with Crippen LogP contribution in [0.25, 0.3) is 33.1 Å². The summed E-state index contributed by atoms with van der Waals surface area (Å²) in [5, 5.41) is 24.4. The van der Waals surface area contributed by atoms with E-state index in [-0.39, 0.29) is 24.8 Å². The standard InChI is InChI=1S/C20H18BrN3O4/c21-12-5-6-13-15(11-12)22-20(26)17(13)19-18(23-27)14-3-1-2-4-16(14)24(19)7-9-28-10-8-25/h1-6,11,22,25-26H,7-10H2. The van der Waals surface area contributed by atoms with Gasteiger partial charge in [0.05, 0.1) is 42.1 Å². The van der Waals surface area contributed by atoms with Crippen LogP contribution in [0, 0.1) is 4.91 Å². The summed E-state index contributed by atoms with van der Waals surface area (Å²) in [6.07, 6.45) is 0. The van der Waals surface area contributed by atoms with E-state index in [2.05, 4.69) is 26.1 Å². The average molecular weight is 444 g/mol. The number of nitroso groups, excluding NO2 is 1. The van der Waals surface area contributed by atoms with Crippen molar-refractivity contribution < 1.29 is 14.9 Å². The van der Waals surface area contributed by atoms with Crippen LogP contribution in [-0.4, -0.2) is 39.6 Å². The smallest absolute Gasteiger partial charge is 0.199 e. The molecule has 8 heteroatoms. The van der Waals surface area contributed by atoms with Gasteiger partial charge in [-0.15, -0.1) is 4.91 Å². The topological polar surface area (TPSA) is 99.8 Å². The number of ether oxygens (including phenoxy) is 1. The predicted molar refractivity (Wildman–Crippen MR) is 112 cm³/mol. The third-order valence-electron chi connectivity index (χ3n) is 4.71. The van der Waals surface area contributed by atoms with E-state index >= 15 is 0 Å². The number of nitrogens with one attached hydrogen (secondary N) is 1. The van der Waals surface area contributed by atoms with Crippen LogP contribution >= 0.6 is 15.9 Å². The van der Waals surface area contributed by atoms with Crippen LogP contribution in [0.4, 0.5) is 5.69 Å². The Balaban J connectivity index is 1.98. The molecule has 2 heterocycles. The summed E-state index contributed by atoms with van der Waals surface area (Å²) in [6, 6.07) is 13.1. The molecular weight excluding hydrogens is 426 g/mol. The largest absolute Gasteiger partial charge is 0.494 e. The van der Waals surface area contributed by atoms with Gasteiger partial charge in [0.2, 0.25) is 0 Å². The Morgan fingerprint density at radius 1 is 1.14 bits per heavy atom. The van der Waals surface area contributed by atoms with E-state index in [0.29, 0.717) is 29.8 Å². The number of hydrogen-bond acceptors (Lipinski definition) is 5. The molecule has 7 nitrogen and oxygen atoms in total. The molecule has 0 saturated carbocycles. The minimum Gasteiger partial charge on any atom is -0.494 e. The number of aromatic hydroxyl groups is 1. The van der Waals surface area contributed by atoms with Gasteiger partial charge in [-0.2, -0.15) is 0 Å². The fraction of sp³-hybridized carbons (Fsp3) is 0.200. The molecule has 0 unspecified atom stereocenters. The van der Waals surface area contributed by atoms with Crippen LogP contribution in [-0.2, 0) is 11.3 Å². The van der Waals surface area contributed by atoms with E-state index in [4.69, 9.17) is 9.84 Å². The number of para-hydroxylation sites is 1. The van der Waals surface area contributed by atoms with Gasteiger partial charge in [-0.25, -0.2) is 0 Å². The van der Waals surface area contributed by atoms with Crippen LogP contribution in [0.1, 0.15) is 0 Å². The van der Waals surface area contributed by atoms with Gasteiger partial charge in [-0.3, -0.25) is 0 Å². The maximum absolute atomic E-state index is 11.8. The summed E-state index contributed by atoms with van der Waals surface area (Å²) in [5.41, 5.74) is 2.90. The number of fused-ring (bicyclic) bond motifs is 2. The van der Waals surface area contributed by atoms with Gasteiger partial charge in [-0.05, 0) is 23.4 Å². The fourth-order valence-electron chi connectivity index (χ4n) is 3.58. The number of nitrogens with zero attached hydrogens (tertiary/aromatic N) is 2. The molecule has 0 saturated heterocycles. The zero-order valence-electron chi connectivity index (χ0n) is 14.9. The van der Waals surface area contributed by atoms with Gasteiger partial charge in [-0.1, -0.05) is 40.2 Å². The first-order valence-electron chi connectivity index (χ1n) is 8.79. The first-order valence-corrected chi connectivity index (χ1v) is 9.58. The molecule has 0 bridgehead atoms. The summed E-state index contributed by atoms with van der Waals surface area (Å²) in [7, 11) is 0. The zero-order valence-corrected chi connectivity index (χ0v) is 16.4. The highest BCUT2D eigenvalue weighted by Gasteiger charge is 2.25. The van der Waals surface area contributed by atoms with Crippen LogP contribution in [0.3, 0.4) is 0 Å². The molecule has 0 aliphatic heterocycles. The lowest BCUT2D eigenvalue weighted by molar-refractivity contribution is 0.0877. The lowest BCUT2D eigenvalue weighted by Gasteiger charge is -2.11. The van der Waals surface area contributed by atoms with Crippen molar-refractivity contribution in [2.24, 2.45) is 5.18 Å². The number of hydrogen-bond donors (Lipinski definition) is 3. The van der Waals surface area contributed by atoms with Crippen molar-refractivity contribution >= 4 is 43.4 Å². The van der Waals surface area contributed by atoms with Crippen molar-refractivity contribution in [1.29, 1.82) is 0 Å². The van der Waals surface area contributed by atoms with Crippen LogP contribution in [0.2, 0.25) is 0 Å². The van der Waals surface area contributed by atoms with Gasteiger partial charge in [0.1, 0.15) is 5.69 Å². The summed E-state index contributed by atoms with van der Waals surface area (Å²) in [5.74, 6) is -0.0293. The second kappa shape index (κ2) is 7.75. The highest BCUT2D eigenvalue weighted by molar-refractivity contribution is 9.10. The Morgan fingerprint density at radius 3 is 2.75 bits per heavy atom. The number of aliphatic hydroxyl groups is 1. The third-order valence-corrected chi connectivity index (χ3v) is 5.20. The molecule has 4 aromatic rings. The van der Waals surface area contributed by atoms with Crippen LogP contribution in [0.15, 0.2) is 52.1 Å². The van der Waals surface area contributed by atoms with E-state index in [1.54, 1.807) is 0 Å². The monoisotopic (exact) mass is 443 g/mol. The number of halogens is 1. The zero-order chi connectivity index (χ0) is 19.7. The molecule has 3 N–H and O–H groups in total. The Morgan fingerprint density at radius 2 is 1.96 bits per heavy atom. The molecular formula is C20H18BrN3O4. The number of rotatable bonds is 7. The van der Waals surface area contributed by atoms with E-state index in [0.717, 1.165) is 20.9 Å². The molecule has 0 radical (unpaired) electrons. The molecule has 2 aromatic carbocycles. The molecule has 0 aliphatic rings. The summed E-state index contributed by atoms with van der Waals surface area (Å²) in [6.45, 7) is 0.964. The van der Waals surface area contributed by atoms with Crippen molar-refractivity contribution in [3.8, 4) is 17.1 Å². The number of aromatic nitrogens is 2. The SMILES string of the molecule is O=Nc1c(-c2c(O)[nH]c3cc(Br)ccc23)n(CCOCCO)c2ccccc12. The van der Waals surface area contributed by atoms with Gasteiger partial charge in [0.15, 0.2) is 5.88 Å². The molecule has 0 fully saturated rings. The second-order valence-electron chi connectivity index (χ2n) is 6.33. The summed E-state index contributed by atoms with van der Waals surface area (Å²) >= 11 is 3.43. The van der Waals surface area contributed by atoms with E-state index in [1.807, 2.05) is 47.0 Å². The second-order valence-corrected chi connectivity index (χ2v) is 7.25. The third kappa shape index (κ3) is 3.09. The molecule has 0 amide bonds. The number of aliphatic hydroxyl groups excluding tert-OH is 1. The maximum Gasteiger partial charge on any atom is 0.199 e. The van der Waals surface area contributed by atoms with Crippen LogP contribution in [0.5, 0.6) is 5.88 Å². The van der Waals surface area contributed by atoms with Crippen molar-refractivity contribution in [3.63, 3.8) is 0 Å². The molecule has 0 spiro atoms. The fourth-order valence-corrected chi connectivity index (χ4v) is 3.94. The minimum absolute atomic E-state index is 0.0293. The number of H-pyrrole nitrogens is 1. The number of benzene rings is 2. The van der Waals surface area contributed by atoms with Crippen molar-refractivity contribution in [2.45, 2.75) is 6.54 Å². The van der Waals surface area contributed by atoms with E-state index in [9.17, 15) is 10.0 Å². The normalized spacial score (nSPS) is 11.5. The van der Waals surface area contributed by atoms with Gasteiger partial charge in [0, 0.05) is 21.8 Å². The molecule has 2 aromatic heterocycles. The quantitative estimate of drug-likeness (QED) is 0.285. The van der Waals surface area contributed by atoms with Crippen molar-refractivity contribution in [3.05, 3.63) is 51.8 Å². The van der Waals surface area contributed by atoms with Gasteiger partial charge in [0.25, 0.3) is 0 Å². The Hall–Kier alpha value is -2.68. The maximum atomic E-state index is 11.8. The Bertz CT molecular complexity index is 1170. The number of aromatic amines is 1. The Labute approximate surface area is 168 Å². The average Bonchev–Trinajstić information content (AvgIpc) is 3.17. The van der Waals surface area contributed by atoms with Gasteiger partial charge < -0.3 is 24.5 Å². The molecule has 144 valence electrons. The van der Waals surface area contributed by atoms with E-state index < -0.39 is 0 Å². The lowest BCUT2D eigenvalue weighted by atomic mass is 10.1. The lowest BCUT2D eigenvalue weighted by Crippen LogP contribution is -2.09. The minimum atomic E-state index is -0.0570. The highest BCUT2D eigenvalue weighted by atomic mass is 79.9. The summed E-state index contributed by atoms with van der Waals surface area (Å²) in [4.78, 5) is 14.8. The van der Waals surface area contributed by atoms with Crippen molar-refractivity contribution in [2.75, 3.05) is 19.8 Å². The molecule has 0 aliphatic carbocycles. The summed E-state index contributed by atoms with van der Waals surface area (Å²) < 4.78 is 8.23. The van der Waals surface area contributed by atoms with E-state index in [1.165, 1.54) is 0 Å². The molecule has 0 atom stereocenters. The molecule has 28 heavy (non-hydrogen) atoms. The predicted octanol–water partition coefficient (Wildman–Crippen LogP) is 4.66. The first-order chi connectivity index (χ1) is 13.7. The first kappa shape index (κ1) is 18.7. The van der Waals surface area contributed by atoms with Crippen LogP contribution < -0.4 is 0 Å². The Kier molecular flexibility index (Phi) is 5.17. The van der Waals surface area contributed by atoms with Gasteiger partial charge >= 0.3 is 0 Å². The van der Waals surface area contributed by atoms with Crippen molar-refractivity contribution in [1.82, 2.24) is 9.55 Å². The molecule has 4 rings (SSSR count).